The zero-order valence-corrected chi connectivity index (χ0v) is 15.5. The Balaban J connectivity index is 1.44. The van der Waals surface area contributed by atoms with Gasteiger partial charge in [-0.05, 0) is 19.1 Å². The van der Waals surface area contributed by atoms with Crippen LogP contribution in [-0.2, 0) is 16.1 Å². The average Bonchev–Trinajstić information content (AvgIpc) is 2.68. The summed E-state index contributed by atoms with van der Waals surface area (Å²) in [7, 11) is 0. The number of aromatic amines is 1. The maximum atomic E-state index is 12.8. The van der Waals surface area contributed by atoms with Gasteiger partial charge in [0.1, 0.15) is 11.9 Å². The molecule has 4 rings (SSSR count). The first kappa shape index (κ1) is 18.1. The van der Waals surface area contributed by atoms with E-state index >= 15 is 0 Å². The molecule has 3 heterocycles. The van der Waals surface area contributed by atoms with E-state index in [-0.39, 0.29) is 11.5 Å². The summed E-state index contributed by atoms with van der Waals surface area (Å²) >= 11 is 0. The SMILES string of the molecule is C[C@H]1CN(C(=O)[C@@H]2CN(Cc3nc4ccccc4c(=O)[nH]3)CCO2)CCN1. The molecule has 27 heavy (non-hydrogen) atoms. The Morgan fingerprint density at radius 1 is 1.30 bits per heavy atom. The monoisotopic (exact) mass is 371 g/mol. The molecular formula is C19H25N5O3. The molecule has 8 heteroatoms. The second kappa shape index (κ2) is 7.75. The number of hydrogen-bond acceptors (Lipinski definition) is 6. The van der Waals surface area contributed by atoms with E-state index in [0.29, 0.717) is 62.1 Å². The Labute approximate surface area is 157 Å². The minimum absolute atomic E-state index is 0.0491. The predicted octanol–water partition coefficient (Wildman–Crippen LogP) is -0.0558. The Morgan fingerprint density at radius 2 is 2.15 bits per heavy atom. The molecule has 2 N–H and O–H groups in total. The number of para-hydroxylation sites is 1. The number of morpholine rings is 1. The van der Waals surface area contributed by atoms with Crippen molar-refractivity contribution in [3.8, 4) is 0 Å². The third-order valence-corrected chi connectivity index (χ3v) is 5.14. The van der Waals surface area contributed by atoms with Crippen molar-refractivity contribution in [2.75, 3.05) is 39.3 Å². The van der Waals surface area contributed by atoms with Crippen LogP contribution in [0.25, 0.3) is 10.9 Å². The number of nitrogens with zero attached hydrogens (tertiary/aromatic N) is 3. The van der Waals surface area contributed by atoms with Gasteiger partial charge in [-0.1, -0.05) is 12.1 Å². The number of nitrogens with one attached hydrogen (secondary N) is 2. The van der Waals surface area contributed by atoms with Gasteiger partial charge in [-0.25, -0.2) is 4.98 Å². The smallest absolute Gasteiger partial charge is 0.258 e. The Morgan fingerprint density at radius 3 is 3.00 bits per heavy atom. The van der Waals surface area contributed by atoms with Gasteiger partial charge in [0.05, 0.1) is 24.1 Å². The minimum Gasteiger partial charge on any atom is -0.366 e. The minimum atomic E-state index is -0.462. The van der Waals surface area contributed by atoms with Crippen LogP contribution < -0.4 is 10.9 Å². The molecule has 1 aromatic carbocycles. The normalized spacial score (nSPS) is 24.3. The molecule has 2 atom stereocenters. The van der Waals surface area contributed by atoms with Gasteiger partial charge in [0.15, 0.2) is 0 Å². The number of hydrogen-bond donors (Lipinski definition) is 2. The highest BCUT2D eigenvalue weighted by atomic mass is 16.5. The number of aromatic nitrogens is 2. The zero-order valence-electron chi connectivity index (χ0n) is 15.5. The van der Waals surface area contributed by atoms with Crippen LogP contribution in [0.2, 0.25) is 0 Å². The number of benzene rings is 1. The molecular weight excluding hydrogens is 346 g/mol. The fourth-order valence-electron chi connectivity index (χ4n) is 3.75. The van der Waals surface area contributed by atoms with Crippen molar-refractivity contribution >= 4 is 16.8 Å². The Hall–Kier alpha value is -2.29. The quantitative estimate of drug-likeness (QED) is 0.786. The number of H-pyrrole nitrogens is 1. The van der Waals surface area contributed by atoms with E-state index in [1.165, 1.54) is 0 Å². The number of piperazine rings is 1. The predicted molar refractivity (Wildman–Crippen MR) is 101 cm³/mol. The highest BCUT2D eigenvalue weighted by Gasteiger charge is 2.32. The number of carbonyl (C=O) groups excluding carboxylic acids is 1. The van der Waals surface area contributed by atoms with Crippen LogP contribution in [0.15, 0.2) is 29.1 Å². The van der Waals surface area contributed by atoms with Crippen molar-refractivity contribution in [2.45, 2.75) is 25.6 Å². The largest absolute Gasteiger partial charge is 0.366 e. The summed E-state index contributed by atoms with van der Waals surface area (Å²) in [6, 6.07) is 7.60. The molecule has 0 saturated carbocycles. The van der Waals surface area contributed by atoms with E-state index in [1.807, 2.05) is 23.1 Å². The van der Waals surface area contributed by atoms with Crippen molar-refractivity contribution in [1.29, 1.82) is 0 Å². The molecule has 144 valence electrons. The van der Waals surface area contributed by atoms with Gasteiger partial charge in [0.2, 0.25) is 0 Å². The Bertz CT molecular complexity index is 883. The number of rotatable bonds is 3. The van der Waals surface area contributed by atoms with Crippen molar-refractivity contribution in [2.24, 2.45) is 0 Å². The zero-order chi connectivity index (χ0) is 18.8. The maximum absolute atomic E-state index is 12.8. The lowest BCUT2D eigenvalue weighted by Gasteiger charge is -2.37. The van der Waals surface area contributed by atoms with Gasteiger partial charge in [0, 0.05) is 38.8 Å². The summed E-state index contributed by atoms with van der Waals surface area (Å²) < 4.78 is 5.74. The number of amides is 1. The van der Waals surface area contributed by atoms with Crippen LogP contribution in [0.1, 0.15) is 12.7 Å². The van der Waals surface area contributed by atoms with Gasteiger partial charge in [0.25, 0.3) is 11.5 Å². The summed E-state index contributed by atoms with van der Waals surface area (Å²) in [6.45, 7) is 6.51. The van der Waals surface area contributed by atoms with E-state index in [1.54, 1.807) is 6.07 Å². The van der Waals surface area contributed by atoms with Crippen LogP contribution in [0.5, 0.6) is 0 Å². The second-order valence-corrected chi connectivity index (χ2v) is 7.26. The molecule has 1 aromatic heterocycles. The average molecular weight is 371 g/mol. The fourth-order valence-corrected chi connectivity index (χ4v) is 3.75. The molecule has 2 fully saturated rings. The van der Waals surface area contributed by atoms with Crippen LogP contribution in [0.3, 0.4) is 0 Å². The fraction of sp³-hybridized carbons (Fsp3) is 0.526. The van der Waals surface area contributed by atoms with Crippen molar-refractivity contribution in [1.82, 2.24) is 25.1 Å². The summed E-state index contributed by atoms with van der Waals surface area (Å²) in [5.74, 6) is 0.663. The third-order valence-electron chi connectivity index (χ3n) is 5.14. The highest BCUT2D eigenvalue weighted by Crippen LogP contribution is 2.13. The van der Waals surface area contributed by atoms with Gasteiger partial charge in [-0.15, -0.1) is 0 Å². The Kier molecular flexibility index (Phi) is 5.20. The van der Waals surface area contributed by atoms with Crippen LogP contribution in [0.4, 0.5) is 0 Å². The van der Waals surface area contributed by atoms with Crippen molar-refractivity contribution in [3.63, 3.8) is 0 Å². The molecule has 2 saturated heterocycles. The molecule has 0 spiro atoms. The molecule has 0 radical (unpaired) electrons. The van der Waals surface area contributed by atoms with Gasteiger partial charge in [-0.3, -0.25) is 14.5 Å². The first-order chi connectivity index (χ1) is 13.1. The van der Waals surface area contributed by atoms with Crippen LogP contribution in [-0.4, -0.2) is 77.2 Å². The van der Waals surface area contributed by atoms with Gasteiger partial charge in [-0.2, -0.15) is 0 Å². The van der Waals surface area contributed by atoms with Gasteiger partial charge < -0.3 is 19.9 Å². The lowest BCUT2D eigenvalue weighted by Crippen LogP contribution is -2.57. The molecule has 2 aliphatic heterocycles. The molecule has 0 unspecified atom stereocenters. The topological polar surface area (TPSA) is 90.6 Å². The second-order valence-electron chi connectivity index (χ2n) is 7.26. The standard InChI is InChI=1S/C19H25N5O3/c1-13-10-24(7-6-20-13)19(26)16-11-23(8-9-27-16)12-17-21-15-5-3-2-4-14(15)18(25)22-17/h2-5,13,16,20H,6-12H2,1H3,(H,21,22,25)/t13-,16-/m0/s1. The van der Waals surface area contributed by atoms with E-state index < -0.39 is 6.10 Å². The summed E-state index contributed by atoms with van der Waals surface area (Å²) in [4.78, 5) is 36.5. The molecule has 2 aliphatic rings. The lowest BCUT2D eigenvalue weighted by molar-refractivity contribution is -0.150. The van der Waals surface area contributed by atoms with E-state index in [9.17, 15) is 9.59 Å². The number of carbonyl (C=O) groups is 1. The molecule has 2 aromatic rings. The maximum Gasteiger partial charge on any atom is 0.258 e. The van der Waals surface area contributed by atoms with Crippen LogP contribution in [0, 0.1) is 0 Å². The van der Waals surface area contributed by atoms with Crippen LogP contribution >= 0.6 is 0 Å². The summed E-state index contributed by atoms with van der Waals surface area (Å²) in [6.07, 6.45) is -0.462. The van der Waals surface area contributed by atoms with Gasteiger partial charge >= 0.3 is 0 Å². The molecule has 8 nitrogen and oxygen atoms in total. The van der Waals surface area contributed by atoms with E-state index in [2.05, 4.69) is 27.1 Å². The first-order valence-electron chi connectivity index (χ1n) is 9.44. The number of fused-ring (bicyclic) bond motifs is 1. The molecule has 0 aliphatic carbocycles. The van der Waals surface area contributed by atoms with E-state index in [0.717, 1.165) is 6.54 Å². The third kappa shape index (κ3) is 4.02. The van der Waals surface area contributed by atoms with Crippen molar-refractivity contribution in [3.05, 3.63) is 40.4 Å². The van der Waals surface area contributed by atoms with E-state index in [4.69, 9.17) is 4.74 Å². The molecule has 0 bridgehead atoms. The summed E-state index contributed by atoms with van der Waals surface area (Å²) in [5.41, 5.74) is 0.554. The number of ether oxygens (including phenoxy) is 1. The lowest BCUT2D eigenvalue weighted by atomic mass is 10.2. The first-order valence-corrected chi connectivity index (χ1v) is 9.44. The van der Waals surface area contributed by atoms with Crippen molar-refractivity contribution < 1.29 is 9.53 Å². The highest BCUT2D eigenvalue weighted by molar-refractivity contribution is 5.81. The molecule has 1 amide bonds. The summed E-state index contributed by atoms with van der Waals surface area (Å²) in [5, 5.41) is 3.93.